The van der Waals surface area contributed by atoms with Crippen LogP contribution in [0.3, 0.4) is 0 Å². The molecule has 0 fully saturated rings. The van der Waals surface area contributed by atoms with E-state index in [-0.39, 0.29) is 0 Å². The van der Waals surface area contributed by atoms with Crippen molar-refractivity contribution in [3.63, 3.8) is 0 Å². The Morgan fingerprint density at radius 3 is 1.94 bits per heavy atom. The van der Waals surface area contributed by atoms with Gasteiger partial charge in [0.25, 0.3) is 0 Å². The molecule has 0 heterocycles. The van der Waals surface area contributed by atoms with Crippen LogP contribution in [-0.4, -0.2) is 0 Å². The normalized spacial score (nSPS) is 9.67. The molecule has 0 saturated carbocycles. The summed E-state index contributed by atoms with van der Waals surface area (Å²) in [5, 5.41) is 2.61. The average molecular weight is 234 g/mol. The van der Waals surface area contributed by atoms with Crippen LogP contribution in [-0.2, 0) is 0 Å². The number of hydrogen-bond donors (Lipinski definition) is 0. The lowest BCUT2D eigenvalue weighted by atomic mass is 9.98. The van der Waals surface area contributed by atoms with E-state index in [4.69, 9.17) is 0 Å². The molecule has 0 aliphatic heterocycles. The summed E-state index contributed by atoms with van der Waals surface area (Å²) < 4.78 is 0. The zero-order valence-corrected chi connectivity index (χ0v) is 10.9. The van der Waals surface area contributed by atoms with Gasteiger partial charge in [-0.2, -0.15) is 0 Å². The summed E-state index contributed by atoms with van der Waals surface area (Å²) in [6.45, 7) is 4.00. The summed E-state index contributed by atoms with van der Waals surface area (Å²) in [5.74, 6) is 0. The number of fused-ring (bicyclic) bond motifs is 1. The van der Waals surface area contributed by atoms with Gasteiger partial charge in [-0.15, -0.1) is 0 Å². The van der Waals surface area contributed by atoms with E-state index in [9.17, 15) is 0 Å². The number of benzene rings is 3. The smallest absolute Gasteiger partial charge is 0.0105 e. The van der Waals surface area contributed by atoms with Crippen molar-refractivity contribution >= 4 is 10.8 Å². The molecule has 3 aromatic rings. The lowest BCUT2D eigenvalue weighted by Gasteiger charge is -2.06. The second-order valence-electron chi connectivity index (χ2n) is 3.89. The van der Waals surface area contributed by atoms with Crippen molar-refractivity contribution in [1.29, 1.82) is 0 Å². The third-order valence-electron chi connectivity index (χ3n) is 2.87. The molecule has 0 spiro atoms. The highest BCUT2D eigenvalue weighted by Crippen LogP contribution is 2.27. The zero-order valence-electron chi connectivity index (χ0n) is 10.9. The summed E-state index contributed by atoms with van der Waals surface area (Å²) in [7, 11) is 0. The molecule has 18 heavy (non-hydrogen) atoms. The minimum Gasteiger partial charge on any atom is -0.0683 e. The summed E-state index contributed by atoms with van der Waals surface area (Å²) in [4.78, 5) is 0. The monoisotopic (exact) mass is 234 g/mol. The van der Waals surface area contributed by atoms with E-state index in [1.165, 1.54) is 21.9 Å². The lowest BCUT2D eigenvalue weighted by Crippen LogP contribution is -1.79. The molecule has 0 unspecified atom stereocenters. The quantitative estimate of drug-likeness (QED) is 0.519. The van der Waals surface area contributed by atoms with E-state index < -0.39 is 0 Å². The lowest BCUT2D eigenvalue weighted by molar-refractivity contribution is 1.50. The van der Waals surface area contributed by atoms with Gasteiger partial charge in [-0.05, 0) is 21.9 Å². The van der Waals surface area contributed by atoms with E-state index in [0.717, 1.165) is 0 Å². The van der Waals surface area contributed by atoms with Crippen molar-refractivity contribution in [2.24, 2.45) is 0 Å². The van der Waals surface area contributed by atoms with Crippen molar-refractivity contribution in [2.75, 3.05) is 0 Å². The zero-order chi connectivity index (χ0) is 12.8. The molecular weight excluding hydrogens is 216 g/mol. The van der Waals surface area contributed by atoms with Crippen LogP contribution in [0.4, 0.5) is 0 Å². The van der Waals surface area contributed by atoms with E-state index in [1.54, 1.807) is 0 Å². The number of rotatable bonds is 1. The van der Waals surface area contributed by atoms with Gasteiger partial charge in [-0.1, -0.05) is 86.6 Å². The predicted molar refractivity (Wildman–Crippen MR) is 80.7 cm³/mol. The third kappa shape index (κ3) is 2.43. The second-order valence-corrected chi connectivity index (χ2v) is 3.89. The summed E-state index contributed by atoms with van der Waals surface area (Å²) >= 11 is 0. The topological polar surface area (TPSA) is 0 Å². The van der Waals surface area contributed by atoms with Gasteiger partial charge in [0, 0.05) is 0 Å². The Bertz CT molecular complexity index is 604. The highest BCUT2D eigenvalue weighted by atomic mass is 14.0. The molecule has 0 saturated heterocycles. The van der Waals surface area contributed by atoms with Crippen LogP contribution in [0.2, 0.25) is 0 Å². The maximum atomic E-state index is 2.18. The molecule has 0 aromatic heterocycles. The van der Waals surface area contributed by atoms with E-state index in [1.807, 2.05) is 13.8 Å². The van der Waals surface area contributed by atoms with Crippen molar-refractivity contribution in [2.45, 2.75) is 13.8 Å². The molecule has 0 radical (unpaired) electrons. The molecule has 0 aliphatic rings. The molecule has 3 rings (SSSR count). The van der Waals surface area contributed by atoms with Crippen LogP contribution in [0, 0.1) is 0 Å². The average Bonchev–Trinajstić information content (AvgIpc) is 2.50. The van der Waals surface area contributed by atoms with Gasteiger partial charge in [0.1, 0.15) is 0 Å². The Hall–Kier alpha value is -2.08. The van der Waals surface area contributed by atoms with Crippen LogP contribution in [0.15, 0.2) is 72.8 Å². The predicted octanol–water partition coefficient (Wildman–Crippen LogP) is 5.53. The molecule has 0 bridgehead atoms. The van der Waals surface area contributed by atoms with Crippen molar-refractivity contribution in [3.05, 3.63) is 72.8 Å². The van der Waals surface area contributed by atoms with Gasteiger partial charge >= 0.3 is 0 Å². The van der Waals surface area contributed by atoms with E-state index in [0.29, 0.717) is 0 Å². The fraction of sp³-hybridized carbons (Fsp3) is 0.111. The third-order valence-corrected chi connectivity index (χ3v) is 2.87. The molecule has 0 atom stereocenters. The fourth-order valence-corrected chi connectivity index (χ4v) is 2.09. The van der Waals surface area contributed by atoms with Gasteiger partial charge in [0.2, 0.25) is 0 Å². The maximum Gasteiger partial charge on any atom is -0.0105 e. The first-order chi connectivity index (χ1) is 8.95. The summed E-state index contributed by atoms with van der Waals surface area (Å²) in [6, 6.07) is 25.5. The van der Waals surface area contributed by atoms with Crippen LogP contribution >= 0.6 is 0 Å². The highest BCUT2D eigenvalue weighted by molar-refractivity contribution is 5.96. The first-order valence-corrected chi connectivity index (χ1v) is 6.48. The van der Waals surface area contributed by atoms with Gasteiger partial charge in [0.15, 0.2) is 0 Å². The van der Waals surface area contributed by atoms with Gasteiger partial charge in [-0.25, -0.2) is 0 Å². The molecule has 90 valence electrons. The van der Waals surface area contributed by atoms with Gasteiger partial charge in [0.05, 0.1) is 0 Å². The largest absolute Gasteiger partial charge is 0.0683 e. The first kappa shape index (κ1) is 12.4. The Labute approximate surface area is 109 Å². The summed E-state index contributed by atoms with van der Waals surface area (Å²) in [6.07, 6.45) is 0. The minimum atomic E-state index is 1.28. The van der Waals surface area contributed by atoms with E-state index in [2.05, 4.69) is 72.8 Å². The molecule has 3 aromatic carbocycles. The fourth-order valence-electron chi connectivity index (χ4n) is 2.09. The molecule has 0 aliphatic carbocycles. The van der Waals surface area contributed by atoms with Crippen molar-refractivity contribution in [1.82, 2.24) is 0 Å². The van der Waals surface area contributed by atoms with Crippen LogP contribution in [0.5, 0.6) is 0 Å². The summed E-state index contributed by atoms with van der Waals surface area (Å²) in [5.41, 5.74) is 2.58. The molecule has 0 N–H and O–H groups in total. The van der Waals surface area contributed by atoms with Crippen molar-refractivity contribution in [3.8, 4) is 11.1 Å². The molecule has 0 nitrogen and oxygen atoms in total. The first-order valence-electron chi connectivity index (χ1n) is 6.48. The Morgan fingerprint density at radius 2 is 1.17 bits per heavy atom. The SMILES string of the molecule is CC.c1ccc(-c2cccc3ccccc23)cc1. The highest BCUT2D eigenvalue weighted by Gasteiger charge is 2.01. The van der Waals surface area contributed by atoms with Crippen LogP contribution in [0.1, 0.15) is 13.8 Å². The standard InChI is InChI=1S/C16H12.C2H6/c1-2-7-13(8-3-1)16-12-6-10-14-9-4-5-11-15(14)16;1-2/h1-12H;1-2H3. The Balaban J connectivity index is 0.000000574. The Morgan fingerprint density at radius 1 is 0.556 bits per heavy atom. The van der Waals surface area contributed by atoms with Crippen LogP contribution < -0.4 is 0 Å². The van der Waals surface area contributed by atoms with Crippen LogP contribution in [0.25, 0.3) is 21.9 Å². The minimum absolute atomic E-state index is 1.28. The second kappa shape index (κ2) is 6.02. The Kier molecular flexibility index (Phi) is 4.14. The maximum absolute atomic E-state index is 2.18. The molecular formula is C18H18. The number of hydrogen-bond acceptors (Lipinski definition) is 0. The van der Waals surface area contributed by atoms with Gasteiger partial charge in [-0.3, -0.25) is 0 Å². The van der Waals surface area contributed by atoms with Gasteiger partial charge < -0.3 is 0 Å². The molecule has 0 heteroatoms. The van der Waals surface area contributed by atoms with E-state index >= 15 is 0 Å². The van der Waals surface area contributed by atoms with Crippen molar-refractivity contribution < 1.29 is 0 Å². The molecule has 0 amide bonds.